The van der Waals surface area contributed by atoms with Crippen LogP contribution in [0, 0.1) is 0 Å². The van der Waals surface area contributed by atoms with Crippen molar-refractivity contribution in [1.29, 1.82) is 0 Å². The van der Waals surface area contributed by atoms with Gasteiger partial charge in [0.1, 0.15) is 0 Å². The van der Waals surface area contributed by atoms with Gasteiger partial charge in [-0.2, -0.15) is 5.10 Å². The highest BCUT2D eigenvalue weighted by molar-refractivity contribution is 5.95. The van der Waals surface area contributed by atoms with Crippen LogP contribution in [0.15, 0.2) is 36.5 Å². The zero-order valence-electron chi connectivity index (χ0n) is 15.5. The molecule has 1 aliphatic rings. The Hall–Kier alpha value is -2.87. The summed E-state index contributed by atoms with van der Waals surface area (Å²) in [5.74, 6) is -0.708. The number of ether oxygens (including phenoxy) is 1. The molecule has 1 amide bonds. The highest BCUT2D eigenvalue weighted by atomic mass is 16.5. The summed E-state index contributed by atoms with van der Waals surface area (Å²) in [6.07, 6.45) is 3.14. The number of methoxy groups -OCH3 is 1. The number of carboxylic acid groups (broad SMARTS) is 1. The predicted octanol–water partition coefficient (Wildman–Crippen LogP) is 1.55. The summed E-state index contributed by atoms with van der Waals surface area (Å²) in [6, 6.07) is 9.69. The van der Waals surface area contributed by atoms with Crippen molar-refractivity contribution in [3.05, 3.63) is 42.2 Å². The van der Waals surface area contributed by atoms with Crippen molar-refractivity contribution in [2.75, 3.05) is 20.2 Å². The van der Waals surface area contributed by atoms with E-state index in [2.05, 4.69) is 10.4 Å². The zero-order chi connectivity index (χ0) is 19.4. The summed E-state index contributed by atoms with van der Waals surface area (Å²) in [6.45, 7) is 2.64. The molecule has 1 aromatic carbocycles. The smallest absolute Gasteiger partial charge is 0.317 e. The molecule has 1 aromatic heterocycles. The van der Waals surface area contributed by atoms with E-state index in [0.29, 0.717) is 12.3 Å². The van der Waals surface area contributed by atoms with Crippen LogP contribution in [0.2, 0.25) is 0 Å². The van der Waals surface area contributed by atoms with Gasteiger partial charge in [-0.1, -0.05) is 25.1 Å². The van der Waals surface area contributed by atoms with Gasteiger partial charge in [-0.3, -0.25) is 14.5 Å². The fraction of sp³-hybridized carbons (Fsp3) is 0.421. The number of nitrogens with zero attached hydrogens (tertiary/aromatic N) is 3. The van der Waals surface area contributed by atoms with Gasteiger partial charge in [0.15, 0.2) is 11.4 Å². The SMILES string of the molecule is CCN(CC(=O)O)C1CC(NC(=O)c2nn(-c3ccccc3)cc2OC)C1. The zero-order valence-corrected chi connectivity index (χ0v) is 15.5. The van der Waals surface area contributed by atoms with Crippen LogP contribution in [0.5, 0.6) is 5.75 Å². The lowest BCUT2D eigenvalue weighted by atomic mass is 9.85. The molecular formula is C19H24N4O4. The fourth-order valence-electron chi connectivity index (χ4n) is 3.31. The maximum Gasteiger partial charge on any atom is 0.317 e. The lowest BCUT2D eigenvalue weighted by Crippen LogP contribution is -2.54. The number of hydrogen-bond donors (Lipinski definition) is 2. The molecule has 27 heavy (non-hydrogen) atoms. The van der Waals surface area contributed by atoms with Gasteiger partial charge in [-0.25, -0.2) is 4.68 Å². The lowest BCUT2D eigenvalue weighted by Gasteiger charge is -2.42. The highest BCUT2D eigenvalue weighted by Crippen LogP contribution is 2.27. The number of carbonyl (C=O) groups excluding carboxylic acids is 1. The molecule has 1 saturated carbocycles. The standard InChI is InChI=1S/C19H24N4O4/c1-3-22(12-17(24)25)15-9-13(10-15)20-19(26)18-16(27-2)11-23(21-18)14-7-5-4-6-8-14/h4-8,11,13,15H,3,9-10,12H2,1-2H3,(H,20,26)(H,24,25). The van der Waals surface area contributed by atoms with E-state index in [1.165, 1.54) is 7.11 Å². The second-order valence-corrected chi connectivity index (χ2v) is 6.58. The van der Waals surface area contributed by atoms with Crippen molar-refractivity contribution in [2.45, 2.75) is 31.8 Å². The monoisotopic (exact) mass is 372 g/mol. The van der Waals surface area contributed by atoms with Crippen molar-refractivity contribution in [2.24, 2.45) is 0 Å². The second kappa shape index (κ2) is 8.22. The van der Waals surface area contributed by atoms with Gasteiger partial charge in [0.05, 0.1) is 25.5 Å². The molecule has 0 aliphatic heterocycles. The Kier molecular flexibility index (Phi) is 5.75. The quantitative estimate of drug-likeness (QED) is 0.730. The first-order valence-electron chi connectivity index (χ1n) is 8.97. The van der Waals surface area contributed by atoms with Gasteiger partial charge in [-0.05, 0) is 31.5 Å². The number of carboxylic acids is 1. The number of amides is 1. The van der Waals surface area contributed by atoms with Crippen molar-refractivity contribution < 1.29 is 19.4 Å². The van der Waals surface area contributed by atoms with E-state index in [9.17, 15) is 9.59 Å². The summed E-state index contributed by atoms with van der Waals surface area (Å²) in [7, 11) is 1.51. The number of rotatable bonds is 8. The lowest BCUT2D eigenvalue weighted by molar-refractivity contribution is -0.139. The van der Waals surface area contributed by atoms with Crippen molar-refractivity contribution in [3.8, 4) is 11.4 Å². The molecule has 0 atom stereocenters. The number of nitrogens with one attached hydrogen (secondary N) is 1. The van der Waals surface area contributed by atoms with Gasteiger partial charge < -0.3 is 15.2 Å². The van der Waals surface area contributed by atoms with Crippen molar-refractivity contribution >= 4 is 11.9 Å². The van der Waals surface area contributed by atoms with E-state index in [1.54, 1.807) is 10.9 Å². The number of aliphatic carboxylic acids is 1. The largest absolute Gasteiger partial charge is 0.493 e. The Morgan fingerprint density at radius 1 is 1.33 bits per heavy atom. The molecule has 0 spiro atoms. The summed E-state index contributed by atoms with van der Waals surface area (Å²) in [4.78, 5) is 25.4. The highest BCUT2D eigenvalue weighted by Gasteiger charge is 2.35. The Bertz CT molecular complexity index is 799. The first-order valence-corrected chi connectivity index (χ1v) is 8.97. The number of hydrogen-bond acceptors (Lipinski definition) is 5. The molecule has 0 unspecified atom stereocenters. The van der Waals surface area contributed by atoms with Crippen LogP contribution in [-0.2, 0) is 4.79 Å². The second-order valence-electron chi connectivity index (χ2n) is 6.58. The minimum atomic E-state index is -0.833. The average Bonchev–Trinajstić information content (AvgIpc) is 3.07. The molecule has 0 radical (unpaired) electrons. The van der Waals surface area contributed by atoms with Crippen LogP contribution in [0.1, 0.15) is 30.3 Å². The third kappa shape index (κ3) is 4.28. The van der Waals surface area contributed by atoms with E-state index < -0.39 is 5.97 Å². The maximum atomic E-state index is 12.6. The molecule has 144 valence electrons. The number of aromatic nitrogens is 2. The van der Waals surface area contributed by atoms with Crippen LogP contribution in [-0.4, -0.2) is 63.9 Å². The molecule has 0 saturated heterocycles. The summed E-state index contributed by atoms with van der Waals surface area (Å²) >= 11 is 0. The van der Waals surface area contributed by atoms with Crippen LogP contribution >= 0.6 is 0 Å². The molecule has 2 aromatic rings. The summed E-state index contributed by atoms with van der Waals surface area (Å²) in [5.41, 5.74) is 1.08. The Morgan fingerprint density at radius 2 is 2.04 bits per heavy atom. The minimum Gasteiger partial charge on any atom is -0.493 e. The molecule has 1 heterocycles. The summed E-state index contributed by atoms with van der Waals surface area (Å²) in [5, 5.41) is 16.3. The van der Waals surface area contributed by atoms with E-state index in [-0.39, 0.29) is 30.2 Å². The minimum absolute atomic E-state index is 0.0110. The van der Waals surface area contributed by atoms with E-state index >= 15 is 0 Å². The third-order valence-corrected chi connectivity index (χ3v) is 4.85. The van der Waals surface area contributed by atoms with E-state index in [1.807, 2.05) is 42.2 Å². The normalized spacial score (nSPS) is 18.8. The molecule has 8 nitrogen and oxygen atoms in total. The number of para-hydroxylation sites is 1. The predicted molar refractivity (Wildman–Crippen MR) is 99.3 cm³/mol. The molecule has 0 bridgehead atoms. The third-order valence-electron chi connectivity index (χ3n) is 4.85. The Balaban J connectivity index is 1.62. The molecule has 8 heteroatoms. The number of benzene rings is 1. The fourth-order valence-corrected chi connectivity index (χ4v) is 3.31. The topological polar surface area (TPSA) is 96.7 Å². The molecule has 2 N–H and O–H groups in total. The van der Waals surface area contributed by atoms with Gasteiger partial charge in [0.25, 0.3) is 5.91 Å². The van der Waals surface area contributed by atoms with Crippen LogP contribution in [0.4, 0.5) is 0 Å². The number of carbonyl (C=O) groups is 2. The van der Waals surface area contributed by atoms with E-state index in [4.69, 9.17) is 9.84 Å². The van der Waals surface area contributed by atoms with Crippen molar-refractivity contribution in [3.63, 3.8) is 0 Å². The Labute approximate surface area is 157 Å². The Morgan fingerprint density at radius 3 is 2.63 bits per heavy atom. The van der Waals surface area contributed by atoms with Crippen molar-refractivity contribution in [1.82, 2.24) is 20.0 Å². The average molecular weight is 372 g/mol. The number of likely N-dealkylation sites (N-methyl/N-ethyl adjacent to an activating group) is 1. The van der Waals surface area contributed by atoms with Gasteiger partial charge in [0, 0.05) is 12.1 Å². The van der Waals surface area contributed by atoms with Gasteiger partial charge in [-0.15, -0.1) is 0 Å². The molecular weight excluding hydrogens is 348 g/mol. The van der Waals surface area contributed by atoms with Crippen LogP contribution in [0.25, 0.3) is 5.69 Å². The molecule has 1 fully saturated rings. The van der Waals surface area contributed by atoms with Crippen LogP contribution in [0.3, 0.4) is 0 Å². The first kappa shape index (κ1) is 18.9. The van der Waals surface area contributed by atoms with Gasteiger partial charge in [0.2, 0.25) is 0 Å². The van der Waals surface area contributed by atoms with Gasteiger partial charge >= 0.3 is 5.97 Å². The molecule has 1 aliphatic carbocycles. The van der Waals surface area contributed by atoms with E-state index in [0.717, 1.165) is 18.5 Å². The summed E-state index contributed by atoms with van der Waals surface area (Å²) < 4.78 is 6.92. The van der Waals surface area contributed by atoms with Crippen LogP contribution < -0.4 is 10.1 Å². The molecule has 3 rings (SSSR count). The maximum absolute atomic E-state index is 12.6. The first-order chi connectivity index (χ1) is 13.0.